The third kappa shape index (κ3) is 3.89. The first-order chi connectivity index (χ1) is 9.16. The van der Waals surface area contributed by atoms with Gasteiger partial charge in [0.05, 0.1) is 12.4 Å². The molecule has 0 spiro atoms. The van der Waals surface area contributed by atoms with Crippen molar-refractivity contribution >= 4 is 11.7 Å². The molecule has 0 aromatic carbocycles. The first-order valence-electron chi connectivity index (χ1n) is 6.76. The van der Waals surface area contributed by atoms with Crippen LogP contribution in [-0.2, 0) is 0 Å². The number of carbonyl (C=O) groups is 1. The second-order valence-electron chi connectivity index (χ2n) is 4.98. The van der Waals surface area contributed by atoms with Gasteiger partial charge in [-0.05, 0) is 32.9 Å². The number of hydrogen-bond donors (Lipinski definition) is 2. The first kappa shape index (κ1) is 13.7. The van der Waals surface area contributed by atoms with E-state index in [2.05, 4.69) is 27.1 Å². The summed E-state index contributed by atoms with van der Waals surface area (Å²) in [5.74, 6) is 0.0420. The average Bonchev–Trinajstić information content (AvgIpc) is 2.45. The number of hydrogen-bond acceptors (Lipinski definition) is 5. The minimum Gasteiger partial charge on any atom is -0.382 e. The Kier molecular flexibility index (Phi) is 4.68. The molecule has 6 heteroatoms. The van der Waals surface area contributed by atoms with E-state index in [1.54, 1.807) is 0 Å². The molecule has 19 heavy (non-hydrogen) atoms. The molecule has 1 atom stereocenters. The molecule has 1 aliphatic heterocycles. The van der Waals surface area contributed by atoms with Crippen molar-refractivity contribution in [2.75, 3.05) is 25.4 Å². The Morgan fingerprint density at radius 1 is 1.42 bits per heavy atom. The molecule has 0 bridgehead atoms. The number of amides is 1. The highest BCUT2D eigenvalue weighted by Gasteiger charge is 2.17. The molecule has 1 amide bonds. The Hall–Kier alpha value is -1.69. The highest BCUT2D eigenvalue weighted by Crippen LogP contribution is 2.11. The molecule has 3 N–H and O–H groups in total. The van der Waals surface area contributed by atoms with Gasteiger partial charge in [0.15, 0.2) is 0 Å². The average molecular weight is 263 g/mol. The summed E-state index contributed by atoms with van der Waals surface area (Å²) in [5, 5.41) is 2.88. The van der Waals surface area contributed by atoms with Crippen LogP contribution in [0.4, 0.5) is 5.82 Å². The van der Waals surface area contributed by atoms with Gasteiger partial charge in [-0.2, -0.15) is 0 Å². The lowest BCUT2D eigenvalue weighted by molar-refractivity contribution is 0.0925. The number of anilines is 1. The van der Waals surface area contributed by atoms with Crippen LogP contribution >= 0.6 is 0 Å². The zero-order valence-electron chi connectivity index (χ0n) is 11.3. The summed E-state index contributed by atoms with van der Waals surface area (Å²) in [5.41, 5.74) is 5.78. The summed E-state index contributed by atoms with van der Waals surface area (Å²) in [6.07, 6.45) is 6.66. The van der Waals surface area contributed by atoms with Crippen LogP contribution in [0.2, 0.25) is 0 Å². The summed E-state index contributed by atoms with van der Waals surface area (Å²) in [6, 6.07) is 0.346. The zero-order chi connectivity index (χ0) is 13.7. The van der Waals surface area contributed by atoms with E-state index in [0.717, 1.165) is 13.1 Å². The predicted molar refractivity (Wildman–Crippen MR) is 73.7 cm³/mol. The number of aromatic nitrogens is 2. The number of likely N-dealkylation sites (tertiary alicyclic amines) is 1. The van der Waals surface area contributed by atoms with Gasteiger partial charge < -0.3 is 11.1 Å². The van der Waals surface area contributed by atoms with E-state index in [4.69, 9.17) is 5.73 Å². The molecular weight excluding hydrogens is 242 g/mol. The second kappa shape index (κ2) is 6.47. The second-order valence-corrected chi connectivity index (χ2v) is 4.98. The molecule has 1 aliphatic rings. The topological polar surface area (TPSA) is 84.1 Å². The molecule has 1 unspecified atom stereocenters. The number of piperidine rings is 1. The minimum atomic E-state index is -0.219. The largest absolute Gasteiger partial charge is 0.382 e. The molecule has 2 heterocycles. The molecule has 2 rings (SSSR count). The van der Waals surface area contributed by atoms with Gasteiger partial charge in [0.1, 0.15) is 11.5 Å². The van der Waals surface area contributed by atoms with Crippen molar-refractivity contribution in [1.82, 2.24) is 20.2 Å². The van der Waals surface area contributed by atoms with Crippen LogP contribution in [0.15, 0.2) is 12.4 Å². The number of nitrogens with zero attached hydrogens (tertiary/aromatic N) is 3. The summed E-state index contributed by atoms with van der Waals surface area (Å²) in [6.45, 7) is 5.00. The SMILES string of the molecule is CC(CNC(=O)c1cncc(N)n1)N1CCCCC1. The van der Waals surface area contributed by atoms with Crippen LogP contribution < -0.4 is 11.1 Å². The minimum absolute atomic E-state index is 0.219. The van der Waals surface area contributed by atoms with Crippen LogP contribution in [-0.4, -0.2) is 46.5 Å². The molecule has 0 saturated carbocycles. The fourth-order valence-electron chi connectivity index (χ4n) is 2.31. The smallest absolute Gasteiger partial charge is 0.271 e. The Bertz CT molecular complexity index is 431. The van der Waals surface area contributed by atoms with Crippen LogP contribution in [0.25, 0.3) is 0 Å². The summed E-state index contributed by atoms with van der Waals surface area (Å²) >= 11 is 0. The maximum absolute atomic E-state index is 11.9. The summed E-state index contributed by atoms with van der Waals surface area (Å²) in [4.78, 5) is 22.1. The van der Waals surface area contributed by atoms with Crippen molar-refractivity contribution in [2.24, 2.45) is 0 Å². The number of carbonyl (C=O) groups excluding carboxylic acids is 1. The lowest BCUT2D eigenvalue weighted by Crippen LogP contribution is -2.44. The van der Waals surface area contributed by atoms with Crippen molar-refractivity contribution in [2.45, 2.75) is 32.2 Å². The monoisotopic (exact) mass is 263 g/mol. The molecular formula is C13H21N5O. The van der Waals surface area contributed by atoms with E-state index in [1.807, 2.05) is 0 Å². The van der Waals surface area contributed by atoms with Crippen LogP contribution in [0.5, 0.6) is 0 Å². The standard InChI is InChI=1S/C13H21N5O/c1-10(18-5-3-2-4-6-18)7-16-13(19)11-8-15-9-12(14)17-11/h8-10H,2-7H2,1H3,(H2,14,17)(H,16,19). The van der Waals surface area contributed by atoms with Gasteiger partial charge in [-0.3, -0.25) is 14.7 Å². The van der Waals surface area contributed by atoms with Crippen molar-refractivity contribution in [3.8, 4) is 0 Å². The number of nitrogens with one attached hydrogen (secondary N) is 1. The number of rotatable bonds is 4. The Morgan fingerprint density at radius 2 is 2.16 bits per heavy atom. The quantitative estimate of drug-likeness (QED) is 0.834. The highest BCUT2D eigenvalue weighted by molar-refractivity contribution is 5.92. The molecule has 6 nitrogen and oxygen atoms in total. The van der Waals surface area contributed by atoms with E-state index in [-0.39, 0.29) is 17.4 Å². The van der Waals surface area contributed by atoms with Gasteiger partial charge in [0.2, 0.25) is 0 Å². The molecule has 1 fully saturated rings. The highest BCUT2D eigenvalue weighted by atomic mass is 16.1. The molecule has 104 valence electrons. The van der Waals surface area contributed by atoms with Crippen LogP contribution in [0, 0.1) is 0 Å². The summed E-state index contributed by atoms with van der Waals surface area (Å²) < 4.78 is 0. The normalized spacial score (nSPS) is 17.9. The van der Waals surface area contributed by atoms with Gasteiger partial charge in [0.25, 0.3) is 5.91 Å². The van der Waals surface area contributed by atoms with Gasteiger partial charge in [-0.15, -0.1) is 0 Å². The van der Waals surface area contributed by atoms with Crippen LogP contribution in [0.3, 0.4) is 0 Å². The molecule has 1 aromatic rings. The fraction of sp³-hybridized carbons (Fsp3) is 0.615. The summed E-state index contributed by atoms with van der Waals surface area (Å²) in [7, 11) is 0. The zero-order valence-corrected chi connectivity index (χ0v) is 11.3. The molecule has 0 aliphatic carbocycles. The van der Waals surface area contributed by atoms with E-state index in [0.29, 0.717) is 12.6 Å². The lowest BCUT2D eigenvalue weighted by atomic mass is 10.1. The van der Waals surface area contributed by atoms with Gasteiger partial charge >= 0.3 is 0 Å². The lowest BCUT2D eigenvalue weighted by Gasteiger charge is -2.32. The Balaban J connectivity index is 1.82. The first-order valence-corrected chi connectivity index (χ1v) is 6.76. The van der Waals surface area contributed by atoms with E-state index < -0.39 is 0 Å². The maximum atomic E-state index is 11.9. The van der Waals surface area contributed by atoms with Crippen molar-refractivity contribution < 1.29 is 4.79 Å². The predicted octanol–water partition coefficient (Wildman–Crippen LogP) is 0.663. The molecule has 1 saturated heterocycles. The van der Waals surface area contributed by atoms with Crippen LogP contribution in [0.1, 0.15) is 36.7 Å². The fourth-order valence-corrected chi connectivity index (χ4v) is 2.31. The van der Waals surface area contributed by atoms with E-state index in [9.17, 15) is 4.79 Å². The van der Waals surface area contributed by atoms with E-state index in [1.165, 1.54) is 31.7 Å². The van der Waals surface area contributed by atoms with Gasteiger partial charge in [-0.25, -0.2) is 4.98 Å². The van der Waals surface area contributed by atoms with Gasteiger partial charge in [0, 0.05) is 12.6 Å². The number of nitrogen functional groups attached to an aromatic ring is 1. The third-order valence-electron chi connectivity index (χ3n) is 3.46. The Morgan fingerprint density at radius 3 is 2.84 bits per heavy atom. The van der Waals surface area contributed by atoms with Crippen molar-refractivity contribution in [3.63, 3.8) is 0 Å². The molecule has 0 radical (unpaired) electrons. The maximum Gasteiger partial charge on any atom is 0.271 e. The molecule has 1 aromatic heterocycles. The van der Waals surface area contributed by atoms with E-state index >= 15 is 0 Å². The van der Waals surface area contributed by atoms with Gasteiger partial charge in [-0.1, -0.05) is 6.42 Å². The Labute approximate surface area is 113 Å². The van der Waals surface area contributed by atoms with Crippen molar-refractivity contribution in [3.05, 3.63) is 18.1 Å². The van der Waals surface area contributed by atoms with Crippen molar-refractivity contribution in [1.29, 1.82) is 0 Å². The third-order valence-corrected chi connectivity index (χ3v) is 3.46. The number of nitrogens with two attached hydrogens (primary N) is 1.